The van der Waals surface area contributed by atoms with Crippen LogP contribution in [-0.2, 0) is 19.1 Å². The highest BCUT2D eigenvalue weighted by atomic mass is 32.1. The van der Waals surface area contributed by atoms with Crippen LogP contribution in [0.25, 0.3) is 0 Å². The molecule has 2 saturated carbocycles. The molecule has 0 aliphatic heterocycles. The highest BCUT2D eigenvalue weighted by Gasteiger charge is 2.46. The van der Waals surface area contributed by atoms with Gasteiger partial charge in [-0.05, 0) is 37.5 Å². The second kappa shape index (κ2) is 8.89. The van der Waals surface area contributed by atoms with Crippen LogP contribution in [0.4, 0.5) is 0 Å². The molecule has 0 heterocycles. The minimum atomic E-state index is -1.17. The van der Waals surface area contributed by atoms with Crippen LogP contribution in [-0.4, -0.2) is 58.8 Å². The minimum absolute atomic E-state index is 0.0916. The van der Waals surface area contributed by atoms with Crippen LogP contribution >= 0.6 is 12.6 Å². The second-order valence-electron chi connectivity index (χ2n) is 7.04. The smallest absolute Gasteiger partial charge is 0.329 e. The third kappa shape index (κ3) is 4.47. The largest absolute Gasteiger partial charge is 0.481 e. The summed E-state index contributed by atoms with van der Waals surface area (Å²) in [5.41, 5.74) is 5.86. The van der Waals surface area contributed by atoms with Crippen LogP contribution in [0.15, 0.2) is 0 Å². The van der Waals surface area contributed by atoms with E-state index in [4.69, 9.17) is 15.6 Å². The van der Waals surface area contributed by atoms with Crippen molar-refractivity contribution in [1.82, 2.24) is 4.90 Å². The maximum atomic E-state index is 13.0. The fourth-order valence-corrected chi connectivity index (χ4v) is 4.11. The topological polar surface area (TPSA) is 110 Å². The molecule has 0 saturated heterocycles. The van der Waals surface area contributed by atoms with Gasteiger partial charge in [0.15, 0.2) is 0 Å². The van der Waals surface area contributed by atoms with E-state index in [1.807, 2.05) is 0 Å². The van der Waals surface area contributed by atoms with E-state index in [2.05, 4.69) is 12.6 Å². The molecule has 0 aromatic rings. The number of carboxylic acid groups (broad SMARTS) is 1. The number of amides is 1. The molecule has 2 rings (SSSR count). The fourth-order valence-electron chi connectivity index (χ4n) is 3.79. The van der Waals surface area contributed by atoms with Crippen LogP contribution in [0.3, 0.4) is 0 Å². The number of rotatable bonds is 9. The Hall–Kier alpha value is -1.28. The highest BCUT2D eigenvalue weighted by molar-refractivity contribution is 7.80. The van der Waals surface area contributed by atoms with Gasteiger partial charge < -0.3 is 20.5 Å². The van der Waals surface area contributed by atoms with Crippen molar-refractivity contribution < 1.29 is 24.2 Å². The van der Waals surface area contributed by atoms with Crippen LogP contribution in [0, 0.1) is 11.8 Å². The predicted molar refractivity (Wildman–Crippen MR) is 95.2 cm³/mol. The van der Waals surface area contributed by atoms with Gasteiger partial charge in [0.05, 0.1) is 19.6 Å². The third-order valence-corrected chi connectivity index (χ3v) is 5.88. The van der Waals surface area contributed by atoms with E-state index in [1.165, 1.54) is 12.0 Å². The molecule has 2 aliphatic rings. The van der Waals surface area contributed by atoms with Gasteiger partial charge >= 0.3 is 11.9 Å². The van der Waals surface area contributed by atoms with E-state index >= 15 is 0 Å². The summed E-state index contributed by atoms with van der Waals surface area (Å²) in [6.45, 7) is 0. The first-order chi connectivity index (χ1) is 11.9. The maximum absolute atomic E-state index is 13.0. The first kappa shape index (κ1) is 20.0. The summed E-state index contributed by atoms with van der Waals surface area (Å²) >= 11 is 4.26. The van der Waals surface area contributed by atoms with Gasteiger partial charge in [0.1, 0.15) is 6.04 Å². The molecule has 0 aromatic heterocycles. The Bertz CT molecular complexity index is 493. The average Bonchev–Trinajstić information content (AvgIpc) is 2.46. The van der Waals surface area contributed by atoms with E-state index in [0.29, 0.717) is 11.8 Å². The van der Waals surface area contributed by atoms with Crippen molar-refractivity contribution in [2.24, 2.45) is 17.6 Å². The zero-order valence-corrected chi connectivity index (χ0v) is 15.5. The van der Waals surface area contributed by atoms with Crippen molar-refractivity contribution >= 4 is 30.5 Å². The number of hydrogen-bond donors (Lipinski definition) is 3. The maximum Gasteiger partial charge on any atom is 0.329 e. The van der Waals surface area contributed by atoms with Crippen LogP contribution in [0.1, 0.15) is 44.9 Å². The number of carbonyl (C=O) groups is 3. The van der Waals surface area contributed by atoms with Crippen LogP contribution in [0.2, 0.25) is 0 Å². The molecule has 0 unspecified atom stereocenters. The number of nitrogens with zero attached hydrogens (tertiary/aromatic N) is 1. The summed E-state index contributed by atoms with van der Waals surface area (Å²) in [6, 6.07) is -2.11. The third-order valence-electron chi connectivity index (χ3n) is 5.54. The molecule has 0 radical (unpaired) electrons. The molecule has 0 spiro atoms. The fraction of sp³-hybridized carbons (Fsp3) is 0.824. The highest BCUT2D eigenvalue weighted by Crippen LogP contribution is 2.43. The summed E-state index contributed by atoms with van der Waals surface area (Å²) in [4.78, 5) is 37.8. The van der Waals surface area contributed by atoms with Crippen molar-refractivity contribution in [2.75, 3.05) is 12.9 Å². The average molecular weight is 372 g/mol. The van der Waals surface area contributed by atoms with Gasteiger partial charge in [-0.3, -0.25) is 9.59 Å². The molecular weight excluding hydrogens is 344 g/mol. The van der Waals surface area contributed by atoms with E-state index in [9.17, 15) is 14.4 Å². The molecule has 0 bridgehead atoms. The predicted octanol–water partition coefficient (Wildman–Crippen LogP) is 1.06. The molecule has 2 atom stereocenters. The molecule has 7 nitrogen and oxygen atoms in total. The summed E-state index contributed by atoms with van der Waals surface area (Å²) in [6.07, 6.45) is 5.82. The number of nitrogens with two attached hydrogens (primary N) is 1. The lowest BCUT2D eigenvalue weighted by atomic mass is 9.67. The molecular formula is C17H28N2O5S. The number of hydrogen-bond acceptors (Lipinski definition) is 6. The lowest BCUT2D eigenvalue weighted by Gasteiger charge is -2.50. The van der Waals surface area contributed by atoms with Gasteiger partial charge in [0, 0.05) is 11.8 Å². The number of methoxy groups -OCH3 is 1. The SMILES string of the molecule is COC(=O)[C@H](CS)N(C(=O)[C@@H](N)CC(=O)O)C(C1CCC1)C1CCC1. The Labute approximate surface area is 153 Å². The quantitative estimate of drug-likeness (QED) is 0.412. The zero-order valence-electron chi connectivity index (χ0n) is 14.6. The van der Waals surface area contributed by atoms with Crippen molar-refractivity contribution in [3.8, 4) is 0 Å². The Morgan fingerprint density at radius 2 is 1.72 bits per heavy atom. The Morgan fingerprint density at radius 1 is 1.20 bits per heavy atom. The van der Waals surface area contributed by atoms with E-state index in [-0.39, 0.29) is 11.8 Å². The van der Waals surface area contributed by atoms with Crippen LogP contribution in [0.5, 0.6) is 0 Å². The van der Waals surface area contributed by atoms with Gasteiger partial charge in [0.2, 0.25) is 5.91 Å². The minimum Gasteiger partial charge on any atom is -0.481 e. The molecule has 8 heteroatoms. The Balaban J connectivity index is 2.32. The molecule has 25 heavy (non-hydrogen) atoms. The normalized spacial score (nSPS) is 20.3. The van der Waals surface area contributed by atoms with Gasteiger partial charge in [-0.25, -0.2) is 4.79 Å². The molecule has 2 fully saturated rings. The van der Waals surface area contributed by atoms with Gasteiger partial charge in [0.25, 0.3) is 0 Å². The Morgan fingerprint density at radius 3 is 2.04 bits per heavy atom. The number of ether oxygens (including phenoxy) is 1. The zero-order chi connectivity index (χ0) is 18.6. The molecule has 3 N–H and O–H groups in total. The monoisotopic (exact) mass is 372 g/mol. The first-order valence-electron chi connectivity index (χ1n) is 8.88. The molecule has 142 valence electrons. The van der Waals surface area contributed by atoms with E-state index in [1.54, 1.807) is 0 Å². The van der Waals surface area contributed by atoms with Crippen molar-refractivity contribution in [3.05, 3.63) is 0 Å². The van der Waals surface area contributed by atoms with Gasteiger partial charge in [-0.1, -0.05) is 12.8 Å². The van der Waals surface area contributed by atoms with Crippen molar-refractivity contribution in [2.45, 2.75) is 63.1 Å². The van der Waals surface area contributed by atoms with Gasteiger partial charge in [-0.15, -0.1) is 0 Å². The standard InChI is InChI=1S/C17H28N2O5S/c1-24-17(23)13(9-25)19(16(22)12(18)8-14(20)21)15(10-4-2-5-10)11-6-3-7-11/h10-13,15,25H,2-9,18H2,1H3,(H,20,21)/t12-,13-/m0/s1. The number of esters is 1. The van der Waals surface area contributed by atoms with Crippen LogP contribution < -0.4 is 5.73 Å². The van der Waals surface area contributed by atoms with Crippen molar-refractivity contribution in [1.29, 1.82) is 0 Å². The van der Waals surface area contributed by atoms with Crippen molar-refractivity contribution in [3.63, 3.8) is 0 Å². The summed E-state index contributed by atoms with van der Waals surface area (Å²) in [5.74, 6) is -1.37. The lowest BCUT2D eigenvalue weighted by Crippen LogP contribution is -2.62. The summed E-state index contributed by atoms with van der Waals surface area (Å²) < 4.78 is 4.87. The molecule has 1 amide bonds. The number of aliphatic carboxylic acids is 1. The number of carboxylic acids is 1. The second-order valence-corrected chi connectivity index (χ2v) is 7.41. The molecule has 2 aliphatic carbocycles. The molecule has 0 aromatic carbocycles. The number of thiol groups is 1. The summed E-state index contributed by atoms with van der Waals surface area (Å²) in [5, 5.41) is 8.98. The lowest BCUT2D eigenvalue weighted by molar-refractivity contribution is -0.159. The van der Waals surface area contributed by atoms with E-state index < -0.39 is 36.4 Å². The number of carbonyl (C=O) groups excluding carboxylic acids is 2. The van der Waals surface area contributed by atoms with Gasteiger partial charge in [-0.2, -0.15) is 12.6 Å². The van der Waals surface area contributed by atoms with E-state index in [0.717, 1.165) is 38.5 Å². The summed E-state index contributed by atoms with van der Waals surface area (Å²) in [7, 11) is 1.28. The first-order valence-corrected chi connectivity index (χ1v) is 9.52. The Kier molecular flexibility index (Phi) is 7.13.